The van der Waals surface area contributed by atoms with Gasteiger partial charge in [-0.05, 0) is 18.2 Å². The molecule has 1 aromatic rings. The minimum Gasteiger partial charge on any atom is -0.289 e. The number of carbonyl (C=O) groups excluding carboxylic acids is 1. The van der Waals surface area contributed by atoms with E-state index in [0.717, 1.165) is 0 Å². The van der Waals surface area contributed by atoms with Gasteiger partial charge in [-0.3, -0.25) is 4.79 Å². The largest absolute Gasteiger partial charge is 0.289 e. The first-order valence-electron chi connectivity index (χ1n) is 3.02. The Hall–Kier alpha value is -1.15. The summed E-state index contributed by atoms with van der Waals surface area (Å²) < 4.78 is 0. The van der Waals surface area contributed by atoms with E-state index >= 15 is 0 Å². The number of halogens is 1. The monoisotopic (exact) mass is 167 g/mol. The molecule has 1 heterocycles. The van der Waals surface area contributed by atoms with Crippen molar-refractivity contribution in [1.29, 1.82) is 0 Å². The minimum atomic E-state index is -0.144. The fraction of sp³-hybridized carbons (Fsp3) is 0. The van der Waals surface area contributed by atoms with Crippen LogP contribution in [-0.4, -0.2) is 10.8 Å². The highest BCUT2D eigenvalue weighted by molar-refractivity contribution is 6.29. The van der Waals surface area contributed by atoms with Crippen LogP contribution in [0.4, 0.5) is 0 Å². The highest BCUT2D eigenvalue weighted by Crippen LogP contribution is 2.05. The lowest BCUT2D eigenvalue weighted by atomic mass is 10.2. The van der Waals surface area contributed by atoms with Gasteiger partial charge in [-0.15, -0.1) is 0 Å². The number of allylic oxidation sites excluding steroid dienone is 1. The molecule has 11 heavy (non-hydrogen) atoms. The number of hydrogen-bond acceptors (Lipinski definition) is 2. The van der Waals surface area contributed by atoms with Crippen molar-refractivity contribution in [2.24, 2.45) is 0 Å². The van der Waals surface area contributed by atoms with Crippen LogP contribution in [0.15, 0.2) is 31.0 Å². The summed E-state index contributed by atoms with van der Waals surface area (Å²) in [5.74, 6) is -0.144. The minimum absolute atomic E-state index is 0.144. The molecule has 0 amide bonds. The zero-order chi connectivity index (χ0) is 8.27. The average molecular weight is 168 g/mol. The molecular weight excluding hydrogens is 162 g/mol. The van der Waals surface area contributed by atoms with Gasteiger partial charge in [-0.25, -0.2) is 4.98 Å². The first kappa shape index (κ1) is 7.95. The van der Waals surface area contributed by atoms with E-state index < -0.39 is 0 Å². The predicted octanol–water partition coefficient (Wildman–Crippen LogP) is 2.10. The van der Waals surface area contributed by atoms with E-state index in [9.17, 15) is 4.79 Å². The highest BCUT2D eigenvalue weighted by Gasteiger charge is 1.99. The van der Waals surface area contributed by atoms with Crippen molar-refractivity contribution in [3.63, 3.8) is 0 Å². The summed E-state index contributed by atoms with van der Waals surface area (Å²) in [5, 5.41) is 0.380. The quantitative estimate of drug-likeness (QED) is 0.384. The van der Waals surface area contributed by atoms with Crippen LogP contribution in [0, 0.1) is 0 Å². The smallest absolute Gasteiger partial charge is 0.186 e. The van der Waals surface area contributed by atoms with Crippen LogP contribution in [-0.2, 0) is 0 Å². The van der Waals surface area contributed by atoms with Crippen molar-refractivity contribution >= 4 is 17.4 Å². The Balaban J connectivity index is 2.98. The van der Waals surface area contributed by atoms with E-state index in [0.29, 0.717) is 10.7 Å². The van der Waals surface area contributed by atoms with Gasteiger partial charge in [-0.1, -0.05) is 18.2 Å². The molecule has 0 aliphatic carbocycles. The summed E-state index contributed by atoms with van der Waals surface area (Å²) in [4.78, 5) is 14.7. The number of aromatic nitrogens is 1. The number of pyridine rings is 1. The lowest BCUT2D eigenvalue weighted by Crippen LogP contribution is -1.93. The van der Waals surface area contributed by atoms with Crippen LogP contribution in [0.5, 0.6) is 0 Å². The molecule has 0 fully saturated rings. The summed E-state index contributed by atoms with van der Waals surface area (Å²) in [5.41, 5.74) is 0.504. The number of nitrogens with zero attached hydrogens (tertiary/aromatic N) is 1. The molecule has 0 aliphatic rings. The van der Waals surface area contributed by atoms with Crippen molar-refractivity contribution in [3.8, 4) is 0 Å². The SMILES string of the molecule is C=CC(=O)c1ccc(Cl)nc1. The van der Waals surface area contributed by atoms with Gasteiger partial charge in [0.2, 0.25) is 0 Å². The second-order valence-corrected chi connectivity index (χ2v) is 2.33. The molecule has 0 spiro atoms. The van der Waals surface area contributed by atoms with Crippen molar-refractivity contribution in [3.05, 3.63) is 41.7 Å². The first-order chi connectivity index (χ1) is 5.24. The standard InChI is InChI=1S/C8H6ClNO/c1-2-7(11)6-3-4-8(9)10-5-6/h2-5H,1H2. The Morgan fingerprint density at radius 1 is 1.64 bits per heavy atom. The second kappa shape index (κ2) is 3.30. The molecule has 0 saturated heterocycles. The summed E-state index contributed by atoms with van der Waals surface area (Å²) >= 11 is 5.51. The normalized spacial score (nSPS) is 9.18. The fourth-order valence-corrected chi connectivity index (χ4v) is 0.751. The van der Waals surface area contributed by atoms with Gasteiger partial charge in [0.25, 0.3) is 0 Å². The van der Waals surface area contributed by atoms with Crippen LogP contribution < -0.4 is 0 Å². The third kappa shape index (κ3) is 1.88. The summed E-state index contributed by atoms with van der Waals surface area (Å²) in [6.07, 6.45) is 2.66. The Morgan fingerprint density at radius 2 is 2.36 bits per heavy atom. The van der Waals surface area contributed by atoms with Crippen LogP contribution in [0.25, 0.3) is 0 Å². The Labute approximate surface area is 69.5 Å². The zero-order valence-corrected chi connectivity index (χ0v) is 6.51. The average Bonchev–Trinajstić information content (AvgIpc) is 2.05. The maximum Gasteiger partial charge on any atom is 0.186 e. The topological polar surface area (TPSA) is 30.0 Å². The first-order valence-corrected chi connectivity index (χ1v) is 3.40. The van der Waals surface area contributed by atoms with E-state index in [4.69, 9.17) is 11.6 Å². The molecule has 0 radical (unpaired) electrons. The molecule has 3 heteroatoms. The Bertz CT molecular complexity index is 279. The molecule has 0 N–H and O–H groups in total. The predicted molar refractivity (Wildman–Crippen MR) is 43.8 cm³/mol. The maximum absolute atomic E-state index is 10.9. The van der Waals surface area contributed by atoms with Gasteiger partial charge >= 0.3 is 0 Å². The van der Waals surface area contributed by atoms with Crippen LogP contribution in [0.3, 0.4) is 0 Å². The van der Waals surface area contributed by atoms with Gasteiger partial charge in [-0.2, -0.15) is 0 Å². The third-order valence-corrected chi connectivity index (χ3v) is 1.42. The van der Waals surface area contributed by atoms with E-state index in [2.05, 4.69) is 11.6 Å². The van der Waals surface area contributed by atoms with Crippen molar-refractivity contribution < 1.29 is 4.79 Å². The lowest BCUT2D eigenvalue weighted by molar-refractivity contribution is 0.104. The molecule has 0 aromatic carbocycles. The molecule has 0 aliphatic heterocycles. The number of rotatable bonds is 2. The summed E-state index contributed by atoms with van der Waals surface area (Å²) in [7, 11) is 0. The van der Waals surface area contributed by atoms with Gasteiger partial charge in [0, 0.05) is 11.8 Å². The molecule has 0 unspecified atom stereocenters. The molecular formula is C8H6ClNO. The molecule has 56 valence electrons. The third-order valence-electron chi connectivity index (χ3n) is 1.20. The number of hydrogen-bond donors (Lipinski definition) is 0. The molecule has 1 aromatic heterocycles. The number of ketones is 1. The van der Waals surface area contributed by atoms with Gasteiger partial charge in [0.15, 0.2) is 5.78 Å². The Morgan fingerprint density at radius 3 is 2.82 bits per heavy atom. The van der Waals surface area contributed by atoms with E-state index in [1.807, 2.05) is 0 Å². The molecule has 2 nitrogen and oxygen atoms in total. The van der Waals surface area contributed by atoms with E-state index in [-0.39, 0.29) is 5.78 Å². The van der Waals surface area contributed by atoms with Crippen molar-refractivity contribution in [2.45, 2.75) is 0 Å². The molecule has 0 saturated carbocycles. The van der Waals surface area contributed by atoms with E-state index in [1.165, 1.54) is 12.3 Å². The molecule has 1 rings (SSSR count). The highest BCUT2D eigenvalue weighted by atomic mass is 35.5. The van der Waals surface area contributed by atoms with Crippen LogP contribution in [0.2, 0.25) is 5.15 Å². The number of carbonyl (C=O) groups is 1. The summed E-state index contributed by atoms with van der Waals surface area (Å²) in [6.45, 7) is 3.35. The van der Waals surface area contributed by atoms with Crippen LogP contribution in [0.1, 0.15) is 10.4 Å². The van der Waals surface area contributed by atoms with Crippen molar-refractivity contribution in [2.75, 3.05) is 0 Å². The van der Waals surface area contributed by atoms with E-state index in [1.54, 1.807) is 12.1 Å². The second-order valence-electron chi connectivity index (χ2n) is 1.94. The zero-order valence-electron chi connectivity index (χ0n) is 5.75. The van der Waals surface area contributed by atoms with Gasteiger partial charge < -0.3 is 0 Å². The van der Waals surface area contributed by atoms with Gasteiger partial charge in [0.05, 0.1) is 0 Å². The van der Waals surface area contributed by atoms with Crippen LogP contribution >= 0.6 is 11.6 Å². The maximum atomic E-state index is 10.9. The molecule has 0 bridgehead atoms. The van der Waals surface area contributed by atoms with Crippen molar-refractivity contribution in [1.82, 2.24) is 4.98 Å². The molecule has 0 atom stereocenters. The lowest BCUT2D eigenvalue weighted by Gasteiger charge is -1.92. The summed E-state index contributed by atoms with van der Waals surface area (Å²) in [6, 6.07) is 3.18. The van der Waals surface area contributed by atoms with Gasteiger partial charge in [0.1, 0.15) is 5.15 Å². The fourth-order valence-electron chi connectivity index (χ4n) is 0.639. The Kier molecular flexibility index (Phi) is 2.39.